The molecular formula is C18H24N2O6. The summed E-state index contributed by atoms with van der Waals surface area (Å²) in [6.45, 7) is 1.83. The van der Waals surface area contributed by atoms with Gasteiger partial charge in [0.2, 0.25) is 11.8 Å². The summed E-state index contributed by atoms with van der Waals surface area (Å²) in [6.07, 6.45) is -0.407. The van der Waals surface area contributed by atoms with E-state index in [0.29, 0.717) is 0 Å². The van der Waals surface area contributed by atoms with E-state index in [1.807, 2.05) is 37.3 Å². The number of ether oxygens (including phenoxy) is 1. The minimum Gasteiger partial charge on any atom is -0.480 e. The van der Waals surface area contributed by atoms with E-state index in [2.05, 4.69) is 15.4 Å². The van der Waals surface area contributed by atoms with E-state index in [4.69, 9.17) is 5.11 Å². The molecule has 0 fully saturated rings. The highest BCUT2D eigenvalue weighted by atomic mass is 16.5. The van der Waals surface area contributed by atoms with Crippen LogP contribution in [0.1, 0.15) is 44.2 Å². The van der Waals surface area contributed by atoms with E-state index in [-0.39, 0.29) is 37.6 Å². The standard InChI is InChI=1S/C18H24N2O6/c1-12(13-6-4-3-5-7-13)19-15(21)9-10-16(22)20-14(18(24)25)8-11-17(23)26-2/h3-7,12,14H,8-11H2,1-2H3,(H,19,21)(H,20,22)(H,24,25)/t12-,14-/m1/s1. The minimum atomic E-state index is -1.25. The van der Waals surface area contributed by atoms with Crippen LogP contribution in [0.15, 0.2) is 30.3 Å². The van der Waals surface area contributed by atoms with Gasteiger partial charge in [-0.3, -0.25) is 14.4 Å². The van der Waals surface area contributed by atoms with Gasteiger partial charge in [-0.25, -0.2) is 4.79 Å². The summed E-state index contributed by atoms with van der Waals surface area (Å²) in [5.74, 6) is -2.67. The number of aliphatic carboxylic acids is 1. The van der Waals surface area contributed by atoms with Crippen LogP contribution in [0.2, 0.25) is 0 Å². The van der Waals surface area contributed by atoms with Gasteiger partial charge in [0.1, 0.15) is 6.04 Å². The predicted molar refractivity (Wildman–Crippen MR) is 93.1 cm³/mol. The fraction of sp³-hybridized carbons (Fsp3) is 0.444. The molecule has 0 aliphatic carbocycles. The molecule has 3 N–H and O–H groups in total. The number of hydrogen-bond donors (Lipinski definition) is 3. The fourth-order valence-electron chi connectivity index (χ4n) is 2.25. The molecule has 142 valence electrons. The van der Waals surface area contributed by atoms with Crippen molar-refractivity contribution in [2.24, 2.45) is 0 Å². The molecule has 0 aliphatic heterocycles. The molecule has 0 radical (unpaired) electrons. The van der Waals surface area contributed by atoms with Crippen molar-refractivity contribution in [1.82, 2.24) is 10.6 Å². The zero-order valence-electron chi connectivity index (χ0n) is 14.9. The number of benzene rings is 1. The molecule has 0 saturated carbocycles. The second-order valence-corrected chi connectivity index (χ2v) is 5.77. The Labute approximate surface area is 151 Å². The lowest BCUT2D eigenvalue weighted by molar-refractivity contribution is -0.144. The second-order valence-electron chi connectivity index (χ2n) is 5.77. The third kappa shape index (κ3) is 7.78. The molecule has 0 aromatic heterocycles. The van der Waals surface area contributed by atoms with Crippen molar-refractivity contribution in [3.8, 4) is 0 Å². The Hall–Kier alpha value is -2.90. The first kappa shape index (κ1) is 21.1. The van der Waals surface area contributed by atoms with E-state index in [1.54, 1.807) is 0 Å². The van der Waals surface area contributed by atoms with E-state index in [9.17, 15) is 19.2 Å². The summed E-state index contributed by atoms with van der Waals surface area (Å²) in [7, 11) is 1.20. The van der Waals surface area contributed by atoms with Crippen LogP contribution in [0.25, 0.3) is 0 Å². The zero-order chi connectivity index (χ0) is 19.5. The maximum absolute atomic E-state index is 11.9. The van der Waals surface area contributed by atoms with Crippen LogP contribution >= 0.6 is 0 Å². The first-order valence-corrected chi connectivity index (χ1v) is 8.26. The number of hydrogen-bond acceptors (Lipinski definition) is 5. The monoisotopic (exact) mass is 364 g/mol. The molecule has 26 heavy (non-hydrogen) atoms. The SMILES string of the molecule is COC(=O)CC[C@@H](NC(=O)CCC(=O)N[C@H](C)c1ccccc1)C(=O)O. The number of methoxy groups -OCH3 is 1. The molecule has 0 saturated heterocycles. The van der Waals surface area contributed by atoms with Crippen molar-refractivity contribution < 1.29 is 29.0 Å². The van der Waals surface area contributed by atoms with Crippen LogP contribution in [-0.4, -0.2) is 42.0 Å². The van der Waals surface area contributed by atoms with Gasteiger partial charge in [0, 0.05) is 19.3 Å². The molecule has 0 unspecified atom stereocenters. The van der Waals surface area contributed by atoms with Crippen molar-refractivity contribution in [2.45, 2.75) is 44.7 Å². The van der Waals surface area contributed by atoms with Gasteiger partial charge in [0.05, 0.1) is 13.2 Å². The first-order valence-electron chi connectivity index (χ1n) is 8.26. The third-order valence-electron chi connectivity index (χ3n) is 3.75. The number of amides is 2. The van der Waals surface area contributed by atoms with Crippen LogP contribution in [0, 0.1) is 0 Å². The summed E-state index contributed by atoms with van der Waals surface area (Å²) in [5.41, 5.74) is 0.944. The highest BCUT2D eigenvalue weighted by Crippen LogP contribution is 2.11. The molecule has 1 rings (SSSR count). The van der Waals surface area contributed by atoms with Gasteiger partial charge in [-0.05, 0) is 18.9 Å². The summed E-state index contributed by atoms with van der Waals surface area (Å²) >= 11 is 0. The maximum atomic E-state index is 11.9. The number of carbonyl (C=O) groups is 4. The van der Waals surface area contributed by atoms with E-state index in [0.717, 1.165) is 5.56 Å². The lowest BCUT2D eigenvalue weighted by Gasteiger charge is -2.15. The number of esters is 1. The van der Waals surface area contributed by atoms with Crippen LogP contribution in [0.4, 0.5) is 0 Å². The van der Waals surface area contributed by atoms with Crippen molar-refractivity contribution in [3.63, 3.8) is 0 Å². The maximum Gasteiger partial charge on any atom is 0.326 e. The van der Waals surface area contributed by atoms with Gasteiger partial charge < -0.3 is 20.5 Å². The Morgan fingerprint density at radius 2 is 1.58 bits per heavy atom. The van der Waals surface area contributed by atoms with E-state index in [1.165, 1.54) is 7.11 Å². The highest BCUT2D eigenvalue weighted by Gasteiger charge is 2.21. The highest BCUT2D eigenvalue weighted by molar-refractivity contribution is 5.87. The molecule has 2 amide bonds. The third-order valence-corrected chi connectivity index (χ3v) is 3.75. The first-order chi connectivity index (χ1) is 12.3. The smallest absolute Gasteiger partial charge is 0.326 e. The summed E-state index contributed by atoms with van der Waals surface area (Å²) in [5, 5.41) is 14.2. The average molecular weight is 364 g/mol. The summed E-state index contributed by atoms with van der Waals surface area (Å²) < 4.78 is 4.44. The molecule has 0 spiro atoms. The number of rotatable bonds is 10. The second kappa shape index (κ2) is 10.9. The largest absolute Gasteiger partial charge is 0.480 e. The molecule has 1 aromatic carbocycles. The lowest BCUT2D eigenvalue weighted by atomic mass is 10.1. The molecule has 8 nitrogen and oxygen atoms in total. The summed E-state index contributed by atoms with van der Waals surface area (Å²) in [6, 6.07) is 7.98. The van der Waals surface area contributed by atoms with Gasteiger partial charge in [-0.2, -0.15) is 0 Å². The Morgan fingerprint density at radius 1 is 1.00 bits per heavy atom. The Bertz CT molecular complexity index is 632. The molecule has 0 heterocycles. The topological polar surface area (TPSA) is 122 Å². The quantitative estimate of drug-likeness (QED) is 0.536. The molecule has 0 bridgehead atoms. The number of carbonyl (C=O) groups excluding carboxylic acids is 3. The van der Waals surface area contributed by atoms with Crippen molar-refractivity contribution >= 4 is 23.8 Å². The Morgan fingerprint density at radius 3 is 2.12 bits per heavy atom. The molecule has 1 aromatic rings. The van der Waals surface area contributed by atoms with Gasteiger partial charge in [-0.1, -0.05) is 30.3 Å². The van der Waals surface area contributed by atoms with Gasteiger partial charge in [0.25, 0.3) is 0 Å². The lowest BCUT2D eigenvalue weighted by Crippen LogP contribution is -2.41. The van der Waals surface area contributed by atoms with Crippen LogP contribution in [-0.2, 0) is 23.9 Å². The predicted octanol–water partition coefficient (Wildman–Crippen LogP) is 1.17. The van der Waals surface area contributed by atoms with Crippen LogP contribution in [0.3, 0.4) is 0 Å². The minimum absolute atomic E-state index is 0.0631. The van der Waals surface area contributed by atoms with Gasteiger partial charge >= 0.3 is 11.9 Å². The van der Waals surface area contributed by atoms with Gasteiger partial charge in [0.15, 0.2) is 0 Å². The zero-order valence-corrected chi connectivity index (χ0v) is 14.9. The van der Waals surface area contributed by atoms with Crippen LogP contribution in [0.5, 0.6) is 0 Å². The van der Waals surface area contributed by atoms with E-state index < -0.39 is 23.9 Å². The normalized spacial score (nSPS) is 12.5. The van der Waals surface area contributed by atoms with Crippen molar-refractivity contribution in [2.75, 3.05) is 7.11 Å². The number of carboxylic acids is 1. The number of nitrogens with one attached hydrogen (secondary N) is 2. The fourth-order valence-corrected chi connectivity index (χ4v) is 2.25. The molecular weight excluding hydrogens is 340 g/mol. The van der Waals surface area contributed by atoms with Gasteiger partial charge in [-0.15, -0.1) is 0 Å². The van der Waals surface area contributed by atoms with E-state index >= 15 is 0 Å². The number of carboxylic acid groups (broad SMARTS) is 1. The molecule has 8 heteroatoms. The Kier molecular flexibility index (Phi) is 8.83. The van der Waals surface area contributed by atoms with Crippen LogP contribution < -0.4 is 10.6 Å². The summed E-state index contributed by atoms with van der Waals surface area (Å²) in [4.78, 5) is 46.0. The van der Waals surface area contributed by atoms with Crippen molar-refractivity contribution in [1.29, 1.82) is 0 Å². The Balaban J connectivity index is 2.40. The average Bonchev–Trinajstić information content (AvgIpc) is 2.63. The van der Waals surface area contributed by atoms with Crippen molar-refractivity contribution in [3.05, 3.63) is 35.9 Å². The molecule has 2 atom stereocenters. The molecule has 0 aliphatic rings.